The molecule has 0 saturated heterocycles. The summed E-state index contributed by atoms with van der Waals surface area (Å²) in [7, 11) is 0. The van der Waals surface area contributed by atoms with Crippen LogP contribution < -0.4 is 0 Å². The van der Waals surface area contributed by atoms with Crippen LogP contribution in [0.25, 0.3) is 0 Å². The molecule has 0 aliphatic heterocycles. The average molecular weight is 219 g/mol. The van der Waals surface area contributed by atoms with Crippen LogP contribution >= 0.6 is 0 Å². The minimum absolute atomic E-state index is 0. The molecule has 0 aliphatic rings. The standard InChI is InChI=1S/C5H5N.Ce/c1-2-4-6-5-3-1;/h1-5H;/q;+3. The molecular formula is C5H5CeN+3. The first-order valence-corrected chi connectivity index (χ1v) is 1.85. The molecule has 0 N–H and O–H groups in total. The van der Waals surface area contributed by atoms with Gasteiger partial charge < -0.3 is 0 Å². The summed E-state index contributed by atoms with van der Waals surface area (Å²) in [5, 5.41) is 0. The van der Waals surface area contributed by atoms with Crippen LogP contribution in [-0.2, 0) is 0 Å². The zero-order valence-electron chi connectivity index (χ0n) is 3.83. The molecule has 0 amide bonds. The maximum Gasteiger partial charge on any atom is 3.00 e. The van der Waals surface area contributed by atoms with E-state index in [9.17, 15) is 0 Å². The van der Waals surface area contributed by atoms with E-state index in [-0.39, 0.29) is 41.7 Å². The Hall–Kier alpha value is 0.527. The molecule has 1 nitrogen and oxygen atoms in total. The number of rotatable bonds is 0. The van der Waals surface area contributed by atoms with Gasteiger partial charge in [0.2, 0.25) is 0 Å². The summed E-state index contributed by atoms with van der Waals surface area (Å²) in [5.41, 5.74) is 0. The van der Waals surface area contributed by atoms with Gasteiger partial charge in [0.1, 0.15) is 0 Å². The molecule has 0 aromatic carbocycles. The van der Waals surface area contributed by atoms with Crippen molar-refractivity contribution in [3.05, 3.63) is 30.6 Å². The van der Waals surface area contributed by atoms with Gasteiger partial charge in [-0.2, -0.15) is 0 Å². The summed E-state index contributed by atoms with van der Waals surface area (Å²) in [6, 6.07) is 5.72. The summed E-state index contributed by atoms with van der Waals surface area (Å²) in [4.78, 5) is 3.78. The zero-order valence-corrected chi connectivity index (χ0v) is 6.97. The Balaban J connectivity index is 0.000000360. The Labute approximate surface area is 76.5 Å². The molecule has 0 fully saturated rings. The third kappa shape index (κ3) is 3.14. The molecule has 0 saturated carbocycles. The van der Waals surface area contributed by atoms with Crippen molar-refractivity contribution in [2.24, 2.45) is 0 Å². The largest absolute Gasteiger partial charge is 3.00 e. The van der Waals surface area contributed by atoms with Crippen molar-refractivity contribution in [2.75, 3.05) is 0 Å². The molecule has 31 valence electrons. The van der Waals surface area contributed by atoms with Crippen molar-refractivity contribution >= 4 is 0 Å². The van der Waals surface area contributed by atoms with E-state index >= 15 is 0 Å². The Kier molecular flexibility index (Phi) is 5.03. The predicted molar refractivity (Wildman–Crippen MR) is 24.2 cm³/mol. The summed E-state index contributed by atoms with van der Waals surface area (Å²) in [6.07, 6.45) is 3.50. The molecule has 1 radical (unpaired) electrons. The molecule has 0 bridgehead atoms. The van der Waals surface area contributed by atoms with Gasteiger partial charge in [-0.1, -0.05) is 6.07 Å². The first kappa shape index (κ1) is 7.53. The second kappa shape index (κ2) is 4.68. The monoisotopic (exact) mass is 219 g/mol. The van der Waals surface area contributed by atoms with Gasteiger partial charge in [0, 0.05) is 12.4 Å². The van der Waals surface area contributed by atoms with Crippen molar-refractivity contribution in [1.29, 1.82) is 0 Å². The fourth-order valence-electron chi connectivity index (χ4n) is 0.313. The van der Waals surface area contributed by atoms with Crippen molar-refractivity contribution < 1.29 is 41.7 Å². The van der Waals surface area contributed by atoms with Crippen LogP contribution in [0.1, 0.15) is 0 Å². The van der Waals surface area contributed by atoms with Crippen LogP contribution in [0.2, 0.25) is 0 Å². The van der Waals surface area contributed by atoms with Gasteiger partial charge in [-0.05, 0) is 12.1 Å². The van der Waals surface area contributed by atoms with Crippen LogP contribution in [0.15, 0.2) is 30.6 Å². The van der Waals surface area contributed by atoms with Crippen LogP contribution in [0.4, 0.5) is 0 Å². The summed E-state index contributed by atoms with van der Waals surface area (Å²) >= 11 is 0. The van der Waals surface area contributed by atoms with Crippen LogP contribution in [0.5, 0.6) is 0 Å². The second-order valence-electron chi connectivity index (χ2n) is 1.02. The number of aromatic nitrogens is 1. The summed E-state index contributed by atoms with van der Waals surface area (Å²) in [6.45, 7) is 0. The Morgan fingerprint density at radius 1 is 0.857 bits per heavy atom. The van der Waals surface area contributed by atoms with Gasteiger partial charge in [0.25, 0.3) is 0 Å². The molecule has 0 aliphatic carbocycles. The second-order valence-corrected chi connectivity index (χ2v) is 1.02. The van der Waals surface area contributed by atoms with E-state index in [0.29, 0.717) is 0 Å². The third-order valence-corrected chi connectivity index (χ3v) is 0.566. The van der Waals surface area contributed by atoms with Gasteiger partial charge in [-0.15, -0.1) is 0 Å². The van der Waals surface area contributed by atoms with E-state index < -0.39 is 0 Å². The maximum absolute atomic E-state index is 3.78. The van der Waals surface area contributed by atoms with Crippen molar-refractivity contribution in [2.45, 2.75) is 0 Å². The molecule has 0 atom stereocenters. The van der Waals surface area contributed by atoms with E-state index in [2.05, 4.69) is 4.98 Å². The van der Waals surface area contributed by atoms with Crippen molar-refractivity contribution in [3.8, 4) is 0 Å². The first-order valence-electron chi connectivity index (χ1n) is 1.85. The van der Waals surface area contributed by atoms with E-state index in [1.807, 2.05) is 18.2 Å². The SMILES string of the molecule is [Ce+3].c1ccncc1. The number of pyridine rings is 1. The minimum atomic E-state index is 0. The Morgan fingerprint density at radius 2 is 1.43 bits per heavy atom. The number of hydrogen-bond donors (Lipinski definition) is 0. The van der Waals surface area contributed by atoms with Gasteiger partial charge in [0.05, 0.1) is 0 Å². The molecular weight excluding hydrogens is 214 g/mol. The minimum Gasteiger partial charge on any atom is -0.265 e. The van der Waals surface area contributed by atoms with Gasteiger partial charge in [-0.3, -0.25) is 4.98 Å². The number of hydrogen-bond acceptors (Lipinski definition) is 1. The molecule has 1 aromatic heterocycles. The quantitative estimate of drug-likeness (QED) is 0.636. The molecule has 0 unspecified atom stereocenters. The van der Waals surface area contributed by atoms with E-state index in [4.69, 9.17) is 0 Å². The summed E-state index contributed by atoms with van der Waals surface area (Å²) < 4.78 is 0. The predicted octanol–water partition coefficient (Wildman–Crippen LogP) is 1.08. The van der Waals surface area contributed by atoms with Gasteiger partial charge in [0.15, 0.2) is 0 Å². The van der Waals surface area contributed by atoms with Crippen LogP contribution in [-0.4, -0.2) is 4.98 Å². The fourth-order valence-corrected chi connectivity index (χ4v) is 0.313. The molecule has 1 aromatic rings. The topological polar surface area (TPSA) is 12.9 Å². The smallest absolute Gasteiger partial charge is 0.265 e. The van der Waals surface area contributed by atoms with Crippen LogP contribution in [0, 0.1) is 41.7 Å². The fraction of sp³-hybridized carbons (Fsp3) is 0. The Morgan fingerprint density at radius 3 is 1.57 bits per heavy atom. The maximum atomic E-state index is 3.78. The third-order valence-electron chi connectivity index (χ3n) is 0.566. The molecule has 7 heavy (non-hydrogen) atoms. The average Bonchev–Trinajstić information content (AvgIpc) is 1.72. The molecule has 1 rings (SSSR count). The van der Waals surface area contributed by atoms with Gasteiger partial charge >= 0.3 is 41.7 Å². The summed E-state index contributed by atoms with van der Waals surface area (Å²) in [5.74, 6) is 0. The van der Waals surface area contributed by atoms with E-state index in [0.717, 1.165) is 0 Å². The normalized spacial score (nSPS) is 6.86. The molecule has 1 heterocycles. The van der Waals surface area contributed by atoms with E-state index in [1.165, 1.54) is 0 Å². The molecule has 0 spiro atoms. The zero-order chi connectivity index (χ0) is 4.24. The van der Waals surface area contributed by atoms with Crippen molar-refractivity contribution in [3.63, 3.8) is 0 Å². The Bertz CT molecular complexity index is 80.0. The molecule has 2 heteroatoms. The van der Waals surface area contributed by atoms with E-state index in [1.54, 1.807) is 12.4 Å². The number of nitrogens with zero attached hydrogens (tertiary/aromatic N) is 1. The van der Waals surface area contributed by atoms with Crippen LogP contribution in [0.3, 0.4) is 0 Å². The van der Waals surface area contributed by atoms with Crippen molar-refractivity contribution in [1.82, 2.24) is 4.98 Å². The van der Waals surface area contributed by atoms with Gasteiger partial charge in [-0.25, -0.2) is 0 Å². The first-order chi connectivity index (χ1) is 3.00.